The molecule has 94 valence electrons. The van der Waals surface area contributed by atoms with Crippen LogP contribution in [0.25, 0.3) is 0 Å². The third-order valence-electron chi connectivity index (χ3n) is 2.55. The fourth-order valence-electron chi connectivity index (χ4n) is 1.66. The monoisotopic (exact) mass is 249 g/mol. The lowest BCUT2D eigenvalue weighted by atomic mass is 10.1. The van der Waals surface area contributed by atoms with Gasteiger partial charge < -0.3 is 10.4 Å². The molecule has 1 unspecified atom stereocenters. The fraction of sp³-hybridized carbons (Fsp3) is 0.143. The van der Waals surface area contributed by atoms with Crippen LogP contribution in [0, 0.1) is 11.6 Å². The summed E-state index contributed by atoms with van der Waals surface area (Å²) in [5, 5.41) is 12.7. The van der Waals surface area contributed by atoms with Crippen LogP contribution >= 0.6 is 0 Å². The summed E-state index contributed by atoms with van der Waals surface area (Å²) in [5.74, 6) is -1.29. The Balaban J connectivity index is 1.99. The highest BCUT2D eigenvalue weighted by atomic mass is 19.1. The SMILES string of the molecule is OC(CNc1cc(F)cc(F)c1)c1ccccc1. The molecule has 0 saturated heterocycles. The van der Waals surface area contributed by atoms with E-state index >= 15 is 0 Å². The first-order valence-corrected chi connectivity index (χ1v) is 5.58. The summed E-state index contributed by atoms with van der Waals surface area (Å²) < 4.78 is 25.9. The van der Waals surface area contributed by atoms with Gasteiger partial charge in [0.25, 0.3) is 0 Å². The standard InChI is InChI=1S/C14H13F2NO/c15-11-6-12(16)8-13(7-11)17-9-14(18)10-4-2-1-3-5-10/h1-8,14,17-18H,9H2. The molecule has 1 atom stereocenters. The molecule has 0 amide bonds. The molecular weight excluding hydrogens is 236 g/mol. The van der Waals surface area contributed by atoms with E-state index in [1.54, 1.807) is 12.1 Å². The van der Waals surface area contributed by atoms with E-state index in [0.29, 0.717) is 5.69 Å². The van der Waals surface area contributed by atoms with Crippen molar-refractivity contribution < 1.29 is 13.9 Å². The van der Waals surface area contributed by atoms with Gasteiger partial charge in [-0.1, -0.05) is 30.3 Å². The molecule has 0 saturated carbocycles. The lowest BCUT2D eigenvalue weighted by Gasteiger charge is -2.13. The van der Waals surface area contributed by atoms with Gasteiger partial charge in [-0.05, 0) is 17.7 Å². The van der Waals surface area contributed by atoms with Gasteiger partial charge in [-0.25, -0.2) is 8.78 Å². The average Bonchev–Trinajstić information content (AvgIpc) is 2.36. The number of halogens is 2. The number of hydrogen-bond donors (Lipinski definition) is 2. The van der Waals surface area contributed by atoms with Crippen molar-refractivity contribution in [1.29, 1.82) is 0 Å². The summed E-state index contributed by atoms with van der Waals surface area (Å²) in [6, 6.07) is 12.2. The van der Waals surface area contributed by atoms with Crippen LogP contribution in [-0.4, -0.2) is 11.7 Å². The summed E-state index contributed by atoms with van der Waals surface area (Å²) in [6.07, 6.45) is -0.725. The molecule has 0 aliphatic heterocycles. The van der Waals surface area contributed by atoms with Crippen LogP contribution in [0.1, 0.15) is 11.7 Å². The van der Waals surface area contributed by atoms with Crippen molar-refractivity contribution in [2.75, 3.05) is 11.9 Å². The minimum absolute atomic E-state index is 0.187. The molecule has 18 heavy (non-hydrogen) atoms. The molecule has 0 aliphatic carbocycles. The maximum absolute atomic E-state index is 12.9. The molecule has 0 heterocycles. The van der Waals surface area contributed by atoms with Gasteiger partial charge in [-0.2, -0.15) is 0 Å². The predicted octanol–water partition coefficient (Wildman–Crippen LogP) is 3.11. The summed E-state index contributed by atoms with van der Waals surface area (Å²) >= 11 is 0. The summed E-state index contributed by atoms with van der Waals surface area (Å²) in [7, 11) is 0. The van der Waals surface area contributed by atoms with E-state index in [4.69, 9.17) is 0 Å². The smallest absolute Gasteiger partial charge is 0.128 e. The average molecular weight is 249 g/mol. The van der Waals surface area contributed by atoms with E-state index in [2.05, 4.69) is 5.32 Å². The largest absolute Gasteiger partial charge is 0.387 e. The molecule has 0 radical (unpaired) electrons. The van der Waals surface area contributed by atoms with Crippen molar-refractivity contribution in [2.24, 2.45) is 0 Å². The van der Waals surface area contributed by atoms with Crippen LogP contribution in [-0.2, 0) is 0 Å². The second-order valence-corrected chi connectivity index (χ2v) is 3.97. The third kappa shape index (κ3) is 3.28. The van der Waals surface area contributed by atoms with E-state index in [0.717, 1.165) is 11.6 Å². The molecule has 2 rings (SSSR count). The zero-order valence-corrected chi connectivity index (χ0v) is 9.61. The number of aliphatic hydroxyl groups is 1. The third-order valence-corrected chi connectivity index (χ3v) is 2.55. The highest BCUT2D eigenvalue weighted by Gasteiger charge is 2.07. The van der Waals surface area contributed by atoms with Crippen LogP contribution in [0.15, 0.2) is 48.5 Å². The number of rotatable bonds is 4. The van der Waals surface area contributed by atoms with E-state index in [9.17, 15) is 13.9 Å². The molecule has 2 N–H and O–H groups in total. The number of aliphatic hydroxyl groups excluding tert-OH is 1. The van der Waals surface area contributed by atoms with Gasteiger partial charge in [0.15, 0.2) is 0 Å². The molecule has 0 aliphatic rings. The fourth-order valence-corrected chi connectivity index (χ4v) is 1.66. The number of hydrogen-bond acceptors (Lipinski definition) is 2. The molecule has 2 aromatic carbocycles. The lowest BCUT2D eigenvalue weighted by molar-refractivity contribution is 0.191. The number of benzene rings is 2. The van der Waals surface area contributed by atoms with Gasteiger partial charge in [-0.15, -0.1) is 0 Å². The van der Waals surface area contributed by atoms with Crippen molar-refractivity contribution >= 4 is 5.69 Å². The summed E-state index contributed by atoms with van der Waals surface area (Å²) in [4.78, 5) is 0. The maximum Gasteiger partial charge on any atom is 0.128 e. The molecule has 0 fully saturated rings. The van der Waals surface area contributed by atoms with Gasteiger partial charge in [0.2, 0.25) is 0 Å². The van der Waals surface area contributed by atoms with E-state index in [1.807, 2.05) is 18.2 Å². The Morgan fingerprint density at radius 1 is 1.00 bits per heavy atom. The van der Waals surface area contributed by atoms with Crippen molar-refractivity contribution in [3.8, 4) is 0 Å². The highest BCUT2D eigenvalue weighted by molar-refractivity contribution is 5.44. The van der Waals surface area contributed by atoms with Crippen molar-refractivity contribution in [3.63, 3.8) is 0 Å². The number of anilines is 1. The van der Waals surface area contributed by atoms with Crippen LogP contribution < -0.4 is 5.32 Å². The van der Waals surface area contributed by atoms with Gasteiger partial charge >= 0.3 is 0 Å². The Morgan fingerprint density at radius 2 is 1.61 bits per heavy atom. The Labute approximate surface area is 104 Å². The summed E-state index contributed by atoms with van der Waals surface area (Å²) in [6.45, 7) is 0.187. The molecule has 0 spiro atoms. The van der Waals surface area contributed by atoms with Crippen molar-refractivity contribution in [2.45, 2.75) is 6.10 Å². The predicted molar refractivity (Wildman–Crippen MR) is 66.2 cm³/mol. The quantitative estimate of drug-likeness (QED) is 0.872. The zero-order chi connectivity index (χ0) is 13.0. The van der Waals surface area contributed by atoms with Crippen LogP contribution in [0.4, 0.5) is 14.5 Å². The Kier molecular flexibility index (Phi) is 3.89. The highest BCUT2D eigenvalue weighted by Crippen LogP contribution is 2.16. The Morgan fingerprint density at radius 3 is 2.22 bits per heavy atom. The van der Waals surface area contributed by atoms with E-state index in [1.165, 1.54) is 12.1 Å². The van der Waals surface area contributed by atoms with Gasteiger partial charge in [0, 0.05) is 18.3 Å². The molecule has 2 nitrogen and oxygen atoms in total. The van der Waals surface area contributed by atoms with E-state index in [-0.39, 0.29) is 6.54 Å². The first kappa shape index (κ1) is 12.5. The normalized spacial score (nSPS) is 12.2. The first-order valence-electron chi connectivity index (χ1n) is 5.58. The molecule has 4 heteroatoms. The van der Waals surface area contributed by atoms with Crippen molar-refractivity contribution in [3.05, 3.63) is 65.7 Å². The Bertz CT molecular complexity index is 496. The number of nitrogens with one attached hydrogen (secondary N) is 1. The summed E-state index contributed by atoms with van der Waals surface area (Å²) in [5.41, 5.74) is 1.06. The topological polar surface area (TPSA) is 32.3 Å². The second kappa shape index (κ2) is 5.60. The molecule has 0 aromatic heterocycles. The minimum Gasteiger partial charge on any atom is -0.387 e. The van der Waals surface area contributed by atoms with Crippen LogP contribution in [0.2, 0.25) is 0 Å². The molecular formula is C14H13F2NO. The van der Waals surface area contributed by atoms with Crippen LogP contribution in [0.5, 0.6) is 0 Å². The van der Waals surface area contributed by atoms with Gasteiger partial charge in [-0.3, -0.25) is 0 Å². The molecule has 0 bridgehead atoms. The second-order valence-electron chi connectivity index (χ2n) is 3.97. The maximum atomic E-state index is 12.9. The lowest BCUT2D eigenvalue weighted by Crippen LogP contribution is -2.12. The van der Waals surface area contributed by atoms with Crippen LogP contribution in [0.3, 0.4) is 0 Å². The zero-order valence-electron chi connectivity index (χ0n) is 9.61. The minimum atomic E-state index is -0.725. The van der Waals surface area contributed by atoms with Gasteiger partial charge in [0.1, 0.15) is 11.6 Å². The van der Waals surface area contributed by atoms with E-state index < -0.39 is 17.7 Å². The first-order chi connectivity index (χ1) is 8.65. The molecule has 2 aromatic rings. The van der Waals surface area contributed by atoms with Gasteiger partial charge in [0.05, 0.1) is 6.10 Å². The Hall–Kier alpha value is -1.94. The van der Waals surface area contributed by atoms with Crippen molar-refractivity contribution in [1.82, 2.24) is 0 Å².